The lowest BCUT2D eigenvalue weighted by Crippen LogP contribution is -2.41. The average Bonchev–Trinajstić information content (AvgIpc) is 2.89. The summed E-state index contributed by atoms with van der Waals surface area (Å²) >= 11 is 0. The first kappa shape index (κ1) is 21.2. The molecular formula is C18H33NO3Si2. The summed E-state index contributed by atoms with van der Waals surface area (Å²) in [6, 6.07) is 2.40. The molecule has 1 heterocycles. The third-order valence-corrected chi connectivity index (χ3v) is 10.2. The molecule has 0 spiro atoms. The van der Waals surface area contributed by atoms with Gasteiger partial charge in [-0.3, -0.25) is 0 Å². The van der Waals surface area contributed by atoms with E-state index in [9.17, 15) is 5.26 Å². The van der Waals surface area contributed by atoms with Crippen molar-refractivity contribution >= 4 is 16.6 Å². The van der Waals surface area contributed by atoms with E-state index < -0.39 is 22.2 Å². The topological polar surface area (TPSA) is 55.4 Å². The first-order valence-electron chi connectivity index (χ1n) is 8.59. The van der Waals surface area contributed by atoms with E-state index in [1.807, 2.05) is 6.92 Å². The van der Waals surface area contributed by atoms with Gasteiger partial charge < -0.3 is 13.3 Å². The minimum atomic E-state index is -1.90. The predicted octanol–water partition coefficient (Wildman–Crippen LogP) is 5.78. The van der Waals surface area contributed by atoms with Crippen LogP contribution in [0.1, 0.15) is 45.2 Å². The van der Waals surface area contributed by atoms with E-state index in [1.165, 1.54) is 0 Å². The highest BCUT2D eigenvalue weighted by molar-refractivity contribution is 6.74. The number of nitrogens with zero attached hydrogens (tertiary/aromatic N) is 1. The Morgan fingerprint density at radius 3 is 2.12 bits per heavy atom. The van der Waals surface area contributed by atoms with Crippen LogP contribution >= 0.6 is 0 Å². The lowest BCUT2D eigenvalue weighted by molar-refractivity contribution is 0.111. The van der Waals surface area contributed by atoms with Crippen molar-refractivity contribution < 1.29 is 13.3 Å². The monoisotopic (exact) mass is 367 g/mol. The minimum Gasteiger partial charge on any atom is -0.472 e. The van der Waals surface area contributed by atoms with Crippen molar-refractivity contribution in [1.29, 1.82) is 5.26 Å². The Balaban J connectivity index is 3.12. The highest BCUT2D eigenvalue weighted by Gasteiger charge is 2.41. The molecule has 0 radical (unpaired) electrons. The van der Waals surface area contributed by atoms with Gasteiger partial charge in [0.25, 0.3) is 0 Å². The minimum absolute atomic E-state index is 0.142. The number of hydrogen-bond acceptors (Lipinski definition) is 4. The molecule has 1 aromatic heterocycles. The Hall–Kier alpha value is -0.876. The maximum Gasteiger partial charge on any atom is 0.192 e. The fraction of sp³-hybridized carbons (Fsp3) is 0.722. The van der Waals surface area contributed by atoms with E-state index in [4.69, 9.17) is 13.3 Å². The van der Waals surface area contributed by atoms with E-state index in [0.29, 0.717) is 13.0 Å². The highest BCUT2D eigenvalue weighted by Crippen LogP contribution is 2.39. The first-order valence-corrected chi connectivity index (χ1v) is 14.9. The Morgan fingerprint density at radius 1 is 1.12 bits per heavy atom. The maximum atomic E-state index is 9.87. The van der Waals surface area contributed by atoms with Gasteiger partial charge in [0.1, 0.15) is 6.07 Å². The lowest BCUT2D eigenvalue weighted by atomic mass is 9.92. The molecule has 0 amide bonds. The van der Waals surface area contributed by atoms with E-state index >= 15 is 0 Å². The number of rotatable bonds is 7. The zero-order chi connectivity index (χ0) is 18.8. The standard InChI is InChI=1S/C18H33NO3Si2/c1-10-18(14-19,22-23(5,6)7)16-13-20-11-15(16)12-21-24(8,9)17(2,3)4/h11,13H,10,12H2,1-9H3/t18-/m1/s1. The number of nitriles is 1. The second-order valence-electron chi connectivity index (χ2n) is 8.87. The third kappa shape index (κ3) is 4.82. The van der Waals surface area contributed by atoms with E-state index in [-0.39, 0.29) is 5.04 Å². The largest absolute Gasteiger partial charge is 0.472 e. The van der Waals surface area contributed by atoms with Crippen molar-refractivity contribution in [1.82, 2.24) is 0 Å². The Kier molecular flexibility index (Phi) is 6.32. The van der Waals surface area contributed by atoms with Crippen LogP contribution in [0.15, 0.2) is 16.9 Å². The van der Waals surface area contributed by atoms with Crippen LogP contribution in [0.3, 0.4) is 0 Å². The molecule has 0 aromatic carbocycles. The van der Waals surface area contributed by atoms with Gasteiger partial charge in [-0.15, -0.1) is 0 Å². The summed E-state index contributed by atoms with van der Waals surface area (Å²) in [5, 5.41) is 10.0. The van der Waals surface area contributed by atoms with Gasteiger partial charge >= 0.3 is 0 Å². The van der Waals surface area contributed by atoms with Crippen LogP contribution in [0.4, 0.5) is 0 Å². The summed E-state index contributed by atoms with van der Waals surface area (Å²) < 4.78 is 18.0. The molecule has 0 aliphatic rings. The quantitative estimate of drug-likeness (QED) is 0.573. The zero-order valence-electron chi connectivity index (χ0n) is 16.7. The molecule has 0 bridgehead atoms. The molecule has 1 rings (SSSR count). The van der Waals surface area contributed by atoms with Gasteiger partial charge in [0.2, 0.25) is 0 Å². The lowest BCUT2D eigenvalue weighted by Gasteiger charge is -2.37. The van der Waals surface area contributed by atoms with Crippen LogP contribution < -0.4 is 0 Å². The third-order valence-electron chi connectivity index (χ3n) is 4.73. The molecule has 0 fully saturated rings. The molecule has 0 saturated heterocycles. The second-order valence-corrected chi connectivity index (χ2v) is 18.1. The molecule has 0 aliphatic carbocycles. The van der Waals surface area contributed by atoms with Crippen LogP contribution in [0.5, 0.6) is 0 Å². The van der Waals surface area contributed by atoms with Crippen LogP contribution in [0.2, 0.25) is 37.8 Å². The van der Waals surface area contributed by atoms with Gasteiger partial charge in [-0.05, 0) is 44.2 Å². The predicted molar refractivity (Wildman–Crippen MR) is 103 cm³/mol. The van der Waals surface area contributed by atoms with Gasteiger partial charge in [0.15, 0.2) is 22.2 Å². The van der Waals surface area contributed by atoms with Gasteiger partial charge in [-0.1, -0.05) is 27.7 Å². The normalized spacial score (nSPS) is 15.8. The smallest absolute Gasteiger partial charge is 0.192 e. The van der Waals surface area contributed by atoms with Gasteiger partial charge in [0, 0.05) is 11.1 Å². The van der Waals surface area contributed by atoms with E-state index in [0.717, 1.165) is 11.1 Å². The molecule has 0 saturated carbocycles. The summed E-state index contributed by atoms with van der Waals surface area (Å²) in [5.41, 5.74) is 0.777. The number of furan rings is 1. The van der Waals surface area contributed by atoms with E-state index in [2.05, 4.69) is 59.6 Å². The molecular weight excluding hydrogens is 334 g/mol. The highest BCUT2D eigenvalue weighted by atomic mass is 28.4. The van der Waals surface area contributed by atoms with Crippen LogP contribution in [0, 0.1) is 11.3 Å². The molecule has 6 heteroatoms. The summed E-state index contributed by atoms with van der Waals surface area (Å²) in [6.07, 6.45) is 3.93. The molecule has 24 heavy (non-hydrogen) atoms. The second kappa shape index (κ2) is 7.16. The molecule has 0 unspecified atom stereocenters. The summed E-state index contributed by atoms with van der Waals surface area (Å²) in [5.74, 6) is 0. The number of hydrogen-bond donors (Lipinski definition) is 0. The Bertz CT molecular complexity index is 591. The van der Waals surface area contributed by atoms with Crippen molar-refractivity contribution in [3.63, 3.8) is 0 Å². The molecule has 0 aliphatic heterocycles. The van der Waals surface area contributed by atoms with Crippen LogP contribution in [-0.2, 0) is 21.1 Å². The van der Waals surface area contributed by atoms with Gasteiger partial charge in [-0.2, -0.15) is 5.26 Å². The van der Waals surface area contributed by atoms with Gasteiger partial charge in [0.05, 0.1) is 19.1 Å². The first-order chi connectivity index (χ1) is 10.8. The Morgan fingerprint density at radius 2 is 1.71 bits per heavy atom. The Labute approximate surface area is 149 Å². The van der Waals surface area contributed by atoms with Crippen molar-refractivity contribution in [2.45, 2.75) is 84.1 Å². The zero-order valence-corrected chi connectivity index (χ0v) is 18.7. The molecule has 1 aromatic rings. The van der Waals surface area contributed by atoms with E-state index in [1.54, 1.807) is 12.5 Å². The molecule has 136 valence electrons. The van der Waals surface area contributed by atoms with Crippen molar-refractivity contribution in [3.05, 3.63) is 23.7 Å². The van der Waals surface area contributed by atoms with Crippen LogP contribution in [-0.4, -0.2) is 16.6 Å². The maximum absolute atomic E-state index is 9.87. The summed E-state index contributed by atoms with van der Waals surface area (Å²) in [7, 11) is -3.77. The fourth-order valence-electron chi connectivity index (χ4n) is 2.27. The molecule has 0 N–H and O–H groups in total. The summed E-state index contributed by atoms with van der Waals surface area (Å²) in [4.78, 5) is 0. The average molecular weight is 368 g/mol. The summed E-state index contributed by atoms with van der Waals surface area (Å²) in [6.45, 7) is 19.8. The van der Waals surface area contributed by atoms with Crippen molar-refractivity contribution in [2.75, 3.05) is 0 Å². The SMILES string of the molecule is CC[C@](C#N)(O[Si](C)(C)C)c1cocc1CO[Si](C)(C)C(C)(C)C. The van der Waals surface area contributed by atoms with Crippen molar-refractivity contribution in [2.24, 2.45) is 0 Å². The fourth-order valence-corrected chi connectivity index (χ4v) is 4.56. The van der Waals surface area contributed by atoms with Crippen LogP contribution in [0.25, 0.3) is 0 Å². The molecule has 4 nitrogen and oxygen atoms in total. The molecule has 1 atom stereocenters. The van der Waals surface area contributed by atoms with Crippen molar-refractivity contribution in [3.8, 4) is 6.07 Å². The van der Waals surface area contributed by atoms with Gasteiger partial charge in [-0.25, -0.2) is 0 Å².